The summed E-state index contributed by atoms with van der Waals surface area (Å²) in [5, 5.41) is 7.27. The summed E-state index contributed by atoms with van der Waals surface area (Å²) in [4.78, 5) is 14.7. The Hall–Kier alpha value is -1.07. The minimum atomic E-state index is 0. The Kier molecular flexibility index (Phi) is 4.70. The van der Waals surface area contributed by atoms with Crippen LogP contribution in [0, 0.1) is 0 Å². The lowest BCUT2D eigenvalue weighted by molar-refractivity contribution is 0.0576. The van der Waals surface area contributed by atoms with Gasteiger partial charge in [0.2, 0.25) is 0 Å². The number of hydrogen-bond donors (Lipinski definition) is 2. The van der Waals surface area contributed by atoms with Gasteiger partial charge in [-0.25, -0.2) is 0 Å². The Bertz CT molecular complexity index is 486. The molecule has 0 aromatic carbocycles. The topological polar surface area (TPSA) is 75.0 Å². The van der Waals surface area contributed by atoms with Gasteiger partial charge in [0.05, 0.1) is 0 Å². The van der Waals surface area contributed by atoms with E-state index >= 15 is 0 Å². The maximum Gasteiger partial charge on any atom is 0.274 e. The van der Waals surface area contributed by atoms with Crippen molar-refractivity contribution in [2.75, 3.05) is 6.54 Å². The Morgan fingerprint density at radius 2 is 2.20 bits per heavy atom. The normalized spacial score (nSPS) is 23.1. The number of nitrogens with zero attached hydrogens (tertiary/aromatic N) is 2. The molecule has 1 fully saturated rings. The summed E-state index contributed by atoms with van der Waals surface area (Å²) in [6, 6.07) is 0.186. The number of piperidine rings is 1. The predicted octanol–water partition coefficient (Wildman–Crippen LogP) is 1.66. The summed E-state index contributed by atoms with van der Waals surface area (Å²) in [6.45, 7) is 2.80. The van der Waals surface area contributed by atoms with Crippen molar-refractivity contribution < 1.29 is 4.79 Å². The number of aromatic nitrogens is 2. The second kappa shape index (κ2) is 6.14. The third-order valence-electron chi connectivity index (χ3n) is 4.43. The van der Waals surface area contributed by atoms with Crippen LogP contribution in [0.1, 0.15) is 54.4 Å². The van der Waals surface area contributed by atoms with Gasteiger partial charge in [0.15, 0.2) is 5.69 Å². The summed E-state index contributed by atoms with van der Waals surface area (Å²) in [5.74, 6) is 0.0707. The molecule has 2 aliphatic rings. The molecule has 2 heterocycles. The van der Waals surface area contributed by atoms with Gasteiger partial charge in [0.25, 0.3) is 5.91 Å². The average molecular weight is 299 g/mol. The fourth-order valence-corrected chi connectivity index (χ4v) is 3.39. The molecule has 3 rings (SSSR count). The van der Waals surface area contributed by atoms with Crippen LogP contribution in [0.15, 0.2) is 0 Å². The number of aryl methyl sites for hydroxylation is 1. The van der Waals surface area contributed by atoms with Crippen LogP contribution in [-0.2, 0) is 12.8 Å². The molecular weight excluding hydrogens is 276 g/mol. The highest BCUT2D eigenvalue weighted by Gasteiger charge is 2.33. The van der Waals surface area contributed by atoms with Gasteiger partial charge >= 0.3 is 0 Å². The first-order chi connectivity index (χ1) is 9.18. The maximum atomic E-state index is 12.7. The van der Waals surface area contributed by atoms with Crippen LogP contribution >= 0.6 is 12.4 Å². The minimum Gasteiger partial charge on any atom is -0.333 e. The summed E-state index contributed by atoms with van der Waals surface area (Å²) >= 11 is 0. The number of likely N-dealkylation sites (tertiary alicyclic amines) is 1. The SMILES string of the molecule is CC(N)C1CCCCN1C(=O)c1n[nH]c2c1CCC2.Cl. The van der Waals surface area contributed by atoms with E-state index in [1.54, 1.807) is 0 Å². The van der Waals surface area contributed by atoms with E-state index in [2.05, 4.69) is 10.2 Å². The first-order valence-electron chi connectivity index (χ1n) is 7.31. The molecule has 2 atom stereocenters. The number of carbonyl (C=O) groups is 1. The van der Waals surface area contributed by atoms with Crippen LogP contribution < -0.4 is 5.73 Å². The maximum absolute atomic E-state index is 12.7. The number of carbonyl (C=O) groups excluding carboxylic acids is 1. The zero-order valence-electron chi connectivity index (χ0n) is 11.9. The van der Waals surface area contributed by atoms with Gasteiger partial charge in [-0.15, -0.1) is 12.4 Å². The molecule has 1 aromatic heterocycles. The van der Waals surface area contributed by atoms with Gasteiger partial charge < -0.3 is 10.6 Å². The Labute approximate surface area is 125 Å². The molecule has 0 bridgehead atoms. The van der Waals surface area contributed by atoms with Crippen LogP contribution in [0.3, 0.4) is 0 Å². The van der Waals surface area contributed by atoms with Crippen molar-refractivity contribution in [2.45, 2.75) is 57.5 Å². The molecule has 1 aliphatic heterocycles. The molecule has 1 aromatic rings. The van der Waals surface area contributed by atoms with Gasteiger partial charge in [-0.3, -0.25) is 9.89 Å². The summed E-state index contributed by atoms with van der Waals surface area (Å²) < 4.78 is 0. The summed E-state index contributed by atoms with van der Waals surface area (Å²) in [7, 11) is 0. The average Bonchev–Trinajstić information content (AvgIpc) is 3.00. The van der Waals surface area contributed by atoms with Crippen molar-refractivity contribution in [3.63, 3.8) is 0 Å². The van der Waals surface area contributed by atoms with E-state index in [0.29, 0.717) is 5.69 Å². The van der Waals surface area contributed by atoms with Crippen molar-refractivity contribution >= 4 is 18.3 Å². The van der Waals surface area contributed by atoms with Crippen molar-refractivity contribution in [1.29, 1.82) is 0 Å². The molecular formula is C14H23ClN4O. The number of nitrogens with one attached hydrogen (secondary N) is 1. The van der Waals surface area contributed by atoms with E-state index in [1.807, 2.05) is 11.8 Å². The molecule has 1 aliphatic carbocycles. The van der Waals surface area contributed by atoms with Gasteiger partial charge in [-0.2, -0.15) is 5.10 Å². The standard InChI is InChI=1S/C14H22N4O.ClH/c1-9(15)12-7-2-3-8-18(12)14(19)13-10-5-4-6-11(10)16-17-13;/h9,12H,2-8,15H2,1H3,(H,16,17);1H. The van der Waals surface area contributed by atoms with Crippen LogP contribution in [0.5, 0.6) is 0 Å². The number of H-pyrrole nitrogens is 1. The molecule has 2 unspecified atom stereocenters. The molecule has 112 valence electrons. The molecule has 0 radical (unpaired) electrons. The molecule has 3 N–H and O–H groups in total. The number of nitrogens with two attached hydrogens (primary N) is 1. The van der Waals surface area contributed by atoms with E-state index < -0.39 is 0 Å². The van der Waals surface area contributed by atoms with Crippen LogP contribution in [0.2, 0.25) is 0 Å². The van der Waals surface area contributed by atoms with Gasteiger partial charge in [0.1, 0.15) is 0 Å². The van der Waals surface area contributed by atoms with Crippen molar-refractivity contribution in [3.8, 4) is 0 Å². The van der Waals surface area contributed by atoms with E-state index in [1.165, 1.54) is 0 Å². The Balaban J connectivity index is 0.00000147. The molecule has 1 amide bonds. The summed E-state index contributed by atoms with van der Waals surface area (Å²) in [6.07, 6.45) is 6.36. The molecule has 0 saturated carbocycles. The van der Waals surface area contributed by atoms with Crippen LogP contribution in [-0.4, -0.2) is 39.6 Å². The third kappa shape index (κ3) is 2.56. The van der Waals surface area contributed by atoms with Crippen molar-refractivity contribution in [1.82, 2.24) is 15.1 Å². The number of aromatic amines is 1. The lowest BCUT2D eigenvalue weighted by Crippen LogP contribution is -2.51. The second-order valence-electron chi connectivity index (χ2n) is 5.80. The number of hydrogen-bond acceptors (Lipinski definition) is 3. The quantitative estimate of drug-likeness (QED) is 0.872. The Morgan fingerprint density at radius 3 is 2.95 bits per heavy atom. The zero-order valence-corrected chi connectivity index (χ0v) is 12.7. The minimum absolute atomic E-state index is 0. The molecule has 20 heavy (non-hydrogen) atoms. The predicted molar refractivity (Wildman–Crippen MR) is 80.2 cm³/mol. The van der Waals surface area contributed by atoms with Gasteiger partial charge in [0, 0.05) is 29.9 Å². The van der Waals surface area contributed by atoms with Crippen molar-refractivity contribution in [2.24, 2.45) is 5.73 Å². The van der Waals surface area contributed by atoms with Crippen LogP contribution in [0.25, 0.3) is 0 Å². The highest BCUT2D eigenvalue weighted by molar-refractivity contribution is 5.94. The first kappa shape index (κ1) is 15.3. The third-order valence-corrected chi connectivity index (χ3v) is 4.43. The zero-order chi connectivity index (χ0) is 13.4. The number of halogens is 1. The van der Waals surface area contributed by atoms with Crippen molar-refractivity contribution in [3.05, 3.63) is 17.0 Å². The molecule has 6 heteroatoms. The first-order valence-corrected chi connectivity index (χ1v) is 7.31. The summed E-state index contributed by atoms with van der Waals surface area (Å²) in [5.41, 5.74) is 8.97. The molecule has 1 saturated heterocycles. The molecule has 0 spiro atoms. The number of amides is 1. The van der Waals surface area contributed by atoms with E-state index in [4.69, 9.17) is 5.73 Å². The van der Waals surface area contributed by atoms with Gasteiger partial charge in [-0.1, -0.05) is 0 Å². The second-order valence-corrected chi connectivity index (χ2v) is 5.80. The highest BCUT2D eigenvalue weighted by Crippen LogP contribution is 2.26. The smallest absolute Gasteiger partial charge is 0.274 e. The largest absolute Gasteiger partial charge is 0.333 e. The molecule has 5 nitrogen and oxygen atoms in total. The fourth-order valence-electron chi connectivity index (χ4n) is 3.39. The van der Waals surface area contributed by atoms with E-state index in [9.17, 15) is 4.79 Å². The Morgan fingerprint density at radius 1 is 1.40 bits per heavy atom. The van der Waals surface area contributed by atoms with E-state index in [0.717, 1.165) is 56.3 Å². The van der Waals surface area contributed by atoms with Crippen LogP contribution in [0.4, 0.5) is 0 Å². The number of rotatable bonds is 2. The fraction of sp³-hybridized carbons (Fsp3) is 0.714. The lowest BCUT2D eigenvalue weighted by atomic mass is 9.96. The monoisotopic (exact) mass is 298 g/mol. The lowest BCUT2D eigenvalue weighted by Gasteiger charge is -2.37. The highest BCUT2D eigenvalue weighted by atomic mass is 35.5. The van der Waals surface area contributed by atoms with E-state index in [-0.39, 0.29) is 30.4 Å². The number of fused-ring (bicyclic) bond motifs is 1. The van der Waals surface area contributed by atoms with Gasteiger partial charge in [-0.05, 0) is 45.4 Å².